The molecule has 3 aliphatic heterocycles. The van der Waals surface area contributed by atoms with Crippen LogP contribution in [-0.4, -0.2) is 72.3 Å². The molecule has 3 aromatic carbocycles. The first kappa shape index (κ1) is 38.7. The van der Waals surface area contributed by atoms with Crippen LogP contribution in [0.5, 0.6) is 5.75 Å². The average Bonchev–Trinajstić information content (AvgIpc) is 3.61. The van der Waals surface area contributed by atoms with Crippen LogP contribution < -0.4 is 14.8 Å². The highest BCUT2D eigenvalue weighted by Crippen LogP contribution is 2.47. The maximum Gasteiger partial charge on any atom is 0.304 e. The minimum absolute atomic E-state index is 0.166. The third kappa shape index (κ3) is 7.50. The molecular formula is C45H57N5O5S. The second-order valence-corrected chi connectivity index (χ2v) is 19.0. The van der Waals surface area contributed by atoms with Crippen LogP contribution in [-0.2, 0) is 28.1 Å². The third-order valence-corrected chi connectivity index (χ3v) is 14.5. The molecule has 4 heterocycles. The Morgan fingerprint density at radius 1 is 0.875 bits per heavy atom. The molecule has 8 rings (SSSR count). The van der Waals surface area contributed by atoms with Gasteiger partial charge in [-0.3, -0.25) is 9.59 Å². The minimum atomic E-state index is -3.93. The highest BCUT2D eigenvalue weighted by atomic mass is 32.2. The van der Waals surface area contributed by atoms with Crippen LogP contribution in [0.25, 0.3) is 22.2 Å². The SMILES string of the molecule is COc1ccc(-c2c(C3CCCCC3)c3ccc(C(=O)NS(=O)(=O)N4CCC4)cc3n2CC(C)(C)C(=O)N2C3CCC2CC(NCc2ccccc2)C3)c(C)c1. The molecule has 2 amide bonds. The highest BCUT2D eigenvalue weighted by Gasteiger charge is 2.47. The first-order chi connectivity index (χ1) is 26.9. The molecule has 4 aromatic rings. The fraction of sp³-hybridized carbons (Fsp3) is 0.511. The standard InChI is InChI=1S/C45H57N5O5S/c1-30-24-37(55-4)19-21-38(30)42-41(32-14-9-6-10-15-32)39-20-16-33(43(51)47-56(53,54)48-22-11-23-48)25-40(39)49(42)29-45(2,3)44(52)50-35-17-18-36(50)27-34(26-35)46-28-31-12-7-5-8-13-31/h5,7-8,12-13,16,19-21,24-25,32,34-36,46H,6,9-11,14-15,17-18,22-23,26-29H2,1-4H3,(H,47,51). The number of fused-ring (bicyclic) bond motifs is 3. The number of carbonyl (C=O) groups excluding carboxylic acids is 2. The largest absolute Gasteiger partial charge is 0.497 e. The summed E-state index contributed by atoms with van der Waals surface area (Å²) in [6.45, 7) is 8.29. The quantitative estimate of drug-likeness (QED) is 0.153. The summed E-state index contributed by atoms with van der Waals surface area (Å²) in [6, 6.07) is 23.1. The zero-order valence-corrected chi connectivity index (χ0v) is 34.2. The topological polar surface area (TPSA) is 113 Å². The van der Waals surface area contributed by atoms with Crippen LogP contribution in [0, 0.1) is 12.3 Å². The molecule has 2 atom stereocenters. The number of rotatable bonds is 12. The number of aryl methyl sites for hydroxylation is 1. The van der Waals surface area contributed by atoms with Crippen molar-refractivity contribution in [1.82, 2.24) is 23.8 Å². The number of aromatic nitrogens is 1. The van der Waals surface area contributed by atoms with E-state index in [0.717, 1.165) is 97.8 Å². The summed E-state index contributed by atoms with van der Waals surface area (Å²) >= 11 is 0. The van der Waals surface area contributed by atoms with Crippen molar-refractivity contribution in [2.75, 3.05) is 20.2 Å². The Hall–Kier alpha value is -4.19. The Balaban J connectivity index is 1.17. The number of nitrogens with one attached hydrogen (secondary N) is 2. The summed E-state index contributed by atoms with van der Waals surface area (Å²) in [6.07, 6.45) is 10.3. The zero-order chi connectivity index (χ0) is 39.2. The van der Waals surface area contributed by atoms with Crippen LogP contribution in [0.2, 0.25) is 0 Å². The Bertz CT molecular complexity index is 2190. The molecule has 298 valence electrons. The van der Waals surface area contributed by atoms with Gasteiger partial charge in [0.1, 0.15) is 5.75 Å². The van der Waals surface area contributed by atoms with Gasteiger partial charge < -0.3 is 19.5 Å². The fourth-order valence-corrected chi connectivity index (χ4v) is 11.1. The molecule has 1 aromatic heterocycles. The Morgan fingerprint density at radius 3 is 2.23 bits per heavy atom. The van der Waals surface area contributed by atoms with Crippen molar-refractivity contribution >= 4 is 32.9 Å². The maximum atomic E-state index is 15.0. The summed E-state index contributed by atoms with van der Waals surface area (Å²) in [7, 11) is -2.25. The monoisotopic (exact) mass is 779 g/mol. The molecule has 10 nitrogen and oxygen atoms in total. The van der Waals surface area contributed by atoms with E-state index in [1.54, 1.807) is 13.2 Å². The molecule has 2 N–H and O–H groups in total. The molecule has 1 saturated carbocycles. The maximum absolute atomic E-state index is 15.0. The molecule has 0 radical (unpaired) electrons. The molecule has 56 heavy (non-hydrogen) atoms. The predicted octanol–water partition coefficient (Wildman–Crippen LogP) is 7.69. The second-order valence-electron chi connectivity index (χ2n) is 17.3. The zero-order valence-electron chi connectivity index (χ0n) is 33.4. The average molecular weight is 780 g/mol. The molecular weight excluding hydrogens is 723 g/mol. The number of nitrogens with zero attached hydrogens (tertiary/aromatic N) is 3. The van der Waals surface area contributed by atoms with Crippen LogP contribution >= 0.6 is 0 Å². The summed E-state index contributed by atoms with van der Waals surface area (Å²) in [5.41, 5.74) is 6.08. The van der Waals surface area contributed by atoms with Crippen LogP contribution in [0.4, 0.5) is 0 Å². The number of ether oxygens (including phenoxy) is 1. The van der Waals surface area contributed by atoms with E-state index in [-0.39, 0.29) is 23.6 Å². The van der Waals surface area contributed by atoms with E-state index in [2.05, 4.69) is 76.7 Å². The van der Waals surface area contributed by atoms with E-state index in [1.807, 2.05) is 24.3 Å². The Kier molecular flexibility index (Phi) is 10.8. The van der Waals surface area contributed by atoms with Crippen molar-refractivity contribution in [3.8, 4) is 17.0 Å². The normalized spacial score (nSPS) is 21.9. The lowest BCUT2D eigenvalue weighted by Gasteiger charge is -2.43. The van der Waals surface area contributed by atoms with Gasteiger partial charge in [0.15, 0.2) is 0 Å². The van der Waals surface area contributed by atoms with Gasteiger partial charge in [0.25, 0.3) is 5.91 Å². The van der Waals surface area contributed by atoms with Crippen molar-refractivity contribution in [2.24, 2.45) is 5.41 Å². The predicted molar refractivity (Wildman–Crippen MR) is 221 cm³/mol. The third-order valence-electron chi connectivity index (χ3n) is 13.0. The molecule has 4 aliphatic rings. The van der Waals surface area contributed by atoms with Gasteiger partial charge in [-0.05, 0) is 119 Å². The number of piperidine rings is 1. The number of methoxy groups -OCH3 is 1. The first-order valence-corrected chi connectivity index (χ1v) is 22.1. The van der Waals surface area contributed by atoms with E-state index in [9.17, 15) is 18.0 Å². The van der Waals surface area contributed by atoms with E-state index >= 15 is 0 Å². The summed E-state index contributed by atoms with van der Waals surface area (Å²) in [5.74, 6) is 0.610. The second kappa shape index (κ2) is 15.6. The van der Waals surface area contributed by atoms with Crippen molar-refractivity contribution in [3.63, 3.8) is 0 Å². The molecule has 3 saturated heterocycles. The van der Waals surface area contributed by atoms with Crippen molar-refractivity contribution < 1.29 is 22.7 Å². The summed E-state index contributed by atoms with van der Waals surface area (Å²) in [4.78, 5) is 30.9. The molecule has 2 bridgehead atoms. The summed E-state index contributed by atoms with van der Waals surface area (Å²) in [5, 5.41) is 4.84. The number of benzene rings is 3. The molecule has 4 fully saturated rings. The van der Waals surface area contributed by atoms with E-state index < -0.39 is 21.5 Å². The van der Waals surface area contributed by atoms with Crippen molar-refractivity contribution in [3.05, 3.63) is 89.0 Å². The molecule has 11 heteroatoms. The summed E-state index contributed by atoms with van der Waals surface area (Å²) < 4.78 is 37.5. The fourth-order valence-electron chi connectivity index (χ4n) is 9.92. The minimum Gasteiger partial charge on any atom is -0.497 e. The van der Waals surface area contributed by atoms with Gasteiger partial charge in [0.2, 0.25) is 5.91 Å². The van der Waals surface area contributed by atoms with E-state index in [1.165, 1.54) is 21.9 Å². The van der Waals surface area contributed by atoms with Gasteiger partial charge in [-0.25, -0.2) is 4.72 Å². The lowest BCUT2D eigenvalue weighted by molar-refractivity contribution is -0.146. The highest BCUT2D eigenvalue weighted by molar-refractivity contribution is 7.87. The van der Waals surface area contributed by atoms with Gasteiger partial charge in [-0.2, -0.15) is 12.7 Å². The van der Waals surface area contributed by atoms with Gasteiger partial charge in [-0.1, -0.05) is 55.7 Å². The van der Waals surface area contributed by atoms with Crippen molar-refractivity contribution in [1.29, 1.82) is 0 Å². The van der Waals surface area contributed by atoms with Crippen molar-refractivity contribution in [2.45, 2.75) is 122 Å². The van der Waals surface area contributed by atoms with E-state index in [0.29, 0.717) is 31.6 Å². The Labute approximate surface area is 332 Å². The number of hydrogen-bond donors (Lipinski definition) is 2. The molecule has 2 unspecified atom stereocenters. The Morgan fingerprint density at radius 2 is 1.59 bits per heavy atom. The number of amides is 2. The smallest absolute Gasteiger partial charge is 0.304 e. The lowest BCUT2D eigenvalue weighted by Crippen LogP contribution is -2.55. The lowest BCUT2D eigenvalue weighted by atomic mass is 9.81. The van der Waals surface area contributed by atoms with Crippen LogP contribution in [0.1, 0.15) is 111 Å². The van der Waals surface area contributed by atoms with Gasteiger partial charge in [0, 0.05) is 66.3 Å². The molecule has 0 spiro atoms. The van der Waals surface area contributed by atoms with E-state index in [4.69, 9.17) is 4.74 Å². The number of carbonyl (C=O) groups is 2. The van der Waals surface area contributed by atoms with Gasteiger partial charge in [-0.15, -0.1) is 0 Å². The molecule has 1 aliphatic carbocycles. The van der Waals surface area contributed by atoms with Crippen LogP contribution in [0.3, 0.4) is 0 Å². The number of hydrogen-bond acceptors (Lipinski definition) is 6. The van der Waals surface area contributed by atoms with Gasteiger partial charge in [0.05, 0.1) is 18.2 Å². The first-order valence-electron chi connectivity index (χ1n) is 20.7. The van der Waals surface area contributed by atoms with Gasteiger partial charge >= 0.3 is 10.2 Å². The van der Waals surface area contributed by atoms with Crippen LogP contribution in [0.15, 0.2) is 66.7 Å².